The average molecular weight is 421 g/mol. The number of benzene rings is 2. The molecule has 0 unspecified atom stereocenters. The lowest BCUT2D eigenvalue weighted by molar-refractivity contribution is -0.136. The number of anilines is 2. The number of carbonyl (C=O) groups is 1. The molecule has 0 fully saturated rings. The van der Waals surface area contributed by atoms with E-state index in [4.69, 9.17) is 0 Å². The Morgan fingerprint density at radius 3 is 2.31 bits per heavy atom. The molecule has 29 heavy (non-hydrogen) atoms. The zero-order valence-corrected chi connectivity index (χ0v) is 15.5. The van der Waals surface area contributed by atoms with Gasteiger partial charge in [0.05, 0.1) is 11.3 Å². The van der Waals surface area contributed by atoms with E-state index in [1.54, 1.807) is 18.2 Å². The molecule has 0 atom stereocenters. The molecule has 0 aliphatic carbocycles. The smallest absolute Gasteiger partial charge is 0.322 e. The summed E-state index contributed by atoms with van der Waals surface area (Å²) in [6, 6.07) is 13.3. The van der Waals surface area contributed by atoms with Crippen LogP contribution in [0.15, 0.2) is 78.0 Å². The van der Waals surface area contributed by atoms with E-state index in [0.717, 1.165) is 12.3 Å². The average Bonchev–Trinajstić information content (AvgIpc) is 2.69. The van der Waals surface area contributed by atoms with Crippen LogP contribution in [0.3, 0.4) is 0 Å². The zero-order chi connectivity index (χ0) is 21.1. The number of alkyl halides is 3. The van der Waals surface area contributed by atoms with Crippen molar-refractivity contribution >= 4 is 27.3 Å². The van der Waals surface area contributed by atoms with Crippen molar-refractivity contribution in [2.75, 3.05) is 10.0 Å². The number of sulfonamides is 1. The highest BCUT2D eigenvalue weighted by atomic mass is 32.2. The van der Waals surface area contributed by atoms with Crippen LogP contribution in [0.25, 0.3) is 0 Å². The topological polar surface area (TPSA) is 88.2 Å². The summed E-state index contributed by atoms with van der Waals surface area (Å²) in [4.78, 5) is 15.5. The van der Waals surface area contributed by atoms with E-state index < -0.39 is 33.4 Å². The summed E-state index contributed by atoms with van der Waals surface area (Å²) >= 11 is 0. The minimum Gasteiger partial charge on any atom is -0.322 e. The summed E-state index contributed by atoms with van der Waals surface area (Å²) in [5.74, 6) is -0.595. The number of carbonyl (C=O) groups excluding carboxylic acids is 1. The van der Waals surface area contributed by atoms with Crippen LogP contribution >= 0.6 is 0 Å². The second-order valence-electron chi connectivity index (χ2n) is 5.87. The van der Waals surface area contributed by atoms with Crippen molar-refractivity contribution in [1.29, 1.82) is 0 Å². The number of halogens is 3. The van der Waals surface area contributed by atoms with E-state index in [-0.39, 0.29) is 16.1 Å². The number of aromatic nitrogens is 1. The lowest BCUT2D eigenvalue weighted by Crippen LogP contribution is -2.18. The van der Waals surface area contributed by atoms with Crippen LogP contribution in [0.4, 0.5) is 24.5 Å². The summed E-state index contributed by atoms with van der Waals surface area (Å²) in [6.07, 6.45) is -2.51. The fraction of sp³-hybridized carbons (Fsp3) is 0.0526. The van der Waals surface area contributed by atoms with Crippen LogP contribution in [0, 0.1) is 0 Å². The van der Waals surface area contributed by atoms with E-state index in [1.165, 1.54) is 36.5 Å². The van der Waals surface area contributed by atoms with Gasteiger partial charge in [0.25, 0.3) is 15.9 Å². The SMILES string of the molecule is O=C(Nc1ccc(NS(=O)(=O)c2cccnc2)c(C(F)(F)F)c1)c1ccccc1. The maximum Gasteiger partial charge on any atom is 0.418 e. The standard InChI is InChI=1S/C19H14F3N3O3S/c20-19(21,22)16-11-14(24-18(26)13-5-2-1-3-6-13)8-9-17(16)25-29(27,28)15-7-4-10-23-12-15/h1-12,25H,(H,24,26). The van der Waals surface area contributed by atoms with Crippen molar-refractivity contribution in [1.82, 2.24) is 4.98 Å². The summed E-state index contributed by atoms with van der Waals surface area (Å²) in [6.45, 7) is 0. The molecule has 0 bridgehead atoms. The number of rotatable bonds is 5. The predicted octanol–water partition coefficient (Wildman–Crippen LogP) is 4.15. The Morgan fingerprint density at radius 2 is 1.69 bits per heavy atom. The molecule has 0 spiro atoms. The molecule has 3 aromatic rings. The number of hydrogen-bond acceptors (Lipinski definition) is 4. The molecular weight excluding hydrogens is 407 g/mol. The van der Waals surface area contributed by atoms with Crippen molar-refractivity contribution in [2.45, 2.75) is 11.1 Å². The second kappa shape index (κ2) is 7.92. The maximum atomic E-state index is 13.5. The van der Waals surface area contributed by atoms with Gasteiger partial charge in [-0.05, 0) is 42.5 Å². The lowest BCUT2D eigenvalue weighted by Gasteiger charge is -2.16. The summed E-state index contributed by atoms with van der Waals surface area (Å²) in [5, 5.41) is 2.37. The summed E-state index contributed by atoms with van der Waals surface area (Å²) in [5.41, 5.74) is -1.77. The van der Waals surface area contributed by atoms with E-state index in [1.807, 2.05) is 4.72 Å². The van der Waals surface area contributed by atoms with Crippen molar-refractivity contribution in [3.63, 3.8) is 0 Å². The monoisotopic (exact) mass is 421 g/mol. The van der Waals surface area contributed by atoms with Gasteiger partial charge in [0.2, 0.25) is 0 Å². The molecule has 0 aliphatic heterocycles. The molecule has 1 aromatic heterocycles. The number of hydrogen-bond donors (Lipinski definition) is 2. The van der Waals surface area contributed by atoms with Gasteiger partial charge in [-0.2, -0.15) is 13.2 Å². The molecule has 0 aliphatic rings. The van der Waals surface area contributed by atoms with Gasteiger partial charge in [0.1, 0.15) is 4.90 Å². The molecule has 3 rings (SSSR count). The first-order valence-electron chi connectivity index (χ1n) is 8.17. The third-order valence-corrected chi connectivity index (χ3v) is 5.16. The van der Waals surface area contributed by atoms with E-state index in [2.05, 4.69) is 10.3 Å². The molecule has 150 valence electrons. The maximum absolute atomic E-state index is 13.5. The quantitative estimate of drug-likeness (QED) is 0.648. The second-order valence-corrected chi connectivity index (χ2v) is 7.55. The van der Waals surface area contributed by atoms with Gasteiger partial charge in [-0.25, -0.2) is 8.42 Å². The molecule has 2 aromatic carbocycles. The molecule has 6 nitrogen and oxygen atoms in total. The highest BCUT2D eigenvalue weighted by Crippen LogP contribution is 2.37. The molecule has 0 radical (unpaired) electrons. The first-order chi connectivity index (χ1) is 13.7. The Kier molecular flexibility index (Phi) is 5.55. The largest absolute Gasteiger partial charge is 0.418 e. The van der Waals surface area contributed by atoms with Crippen LogP contribution < -0.4 is 10.0 Å². The fourth-order valence-electron chi connectivity index (χ4n) is 2.45. The van der Waals surface area contributed by atoms with Gasteiger partial charge in [0.15, 0.2) is 0 Å². The normalized spacial score (nSPS) is 11.7. The Bertz CT molecular complexity index is 1120. The van der Waals surface area contributed by atoms with Crippen molar-refractivity contribution in [3.8, 4) is 0 Å². The summed E-state index contributed by atoms with van der Waals surface area (Å²) < 4.78 is 67.1. The molecule has 1 heterocycles. The summed E-state index contributed by atoms with van der Waals surface area (Å²) in [7, 11) is -4.27. The third kappa shape index (κ3) is 4.91. The number of amides is 1. The van der Waals surface area contributed by atoms with Crippen LogP contribution in [-0.4, -0.2) is 19.3 Å². The highest BCUT2D eigenvalue weighted by molar-refractivity contribution is 7.92. The van der Waals surface area contributed by atoms with Crippen molar-refractivity contribution in [2.24, 2.45) is 0 Å². The first-order valence-corrected chi connectivity index (χ1v) is 9.65. The van der Waals surface area contributed by atoms with Crippen LogP contribution in [0.5, 0.6) is 0 Å². The minimum absolute atomic E-state index is 0.129. The Balaban J connectivity index is 1.92. The van der Waals surface area contributed by atoms with E-state index in [9.17, 15) is 26.4 Å². The zero-order valence-electron chi connectivity index (χ0n) is 14.6. The molecular formula is C19H14F3N3O3S. The van der Waals surface area contributed by atoms with Gasteiger partial charge in [0, 0.05) is 23.6 Å². The van der Waals surface area contributed by atoms with Crippen LogP contribution in [0.2, 0.25) is 0 Å². The predicted molar refractivity (Wildman–Crippen MR) is 101 cm³/mol. The molecule has 1 amide bonds. The molecule has 0 saturated heterocycles. The number of pyridine rings is 1. The van der Waals surface area contributed by atoms with Gasteiger partial charge >= 0.3 is 6.18 Å². The first kappa shape index (κ1) is 20.3. The van der Waals surface area contributed by atoms with E-state index in [0.29, 0.717) is 6.07 Å². The fourth-order valence-corrected chi connectivity index (χ4v) is 3.49. The van der Waals surface area contributed by atoms with E-state index >= 15 is 0 Å². The minimum atomic E-state index is -4.86. The number of nitrogens with zero attached hydrogens (tertiary/aromatic N) is 1. The van der Waals surface area contributed by atoms with Gasteiger partial charge in [-0.1, -0.05) is 18.2 Å². The molecule has 2 N–H and O–H groups in total. The Hall–Kier alpha value is -3.40. The number of nitrogens with one attached hydrogen (secondary N) is 2. The van der Waals surface area contributed by atoms with Crippen molar-refractivity contribution in [3.05, 3.63) is 84.2 Å². The van der Waals surface area contributed by atoms with Gasteiger partial charge in [-0.3, -0.25) is 14.5 Å². The van der Waals surface area contributed by atoms with Crippen LogP contribution in [-0.2, 0) is 16.2 Å². The molecule has 0 saturated carbocycles. The highest BCUT2D eigenvalue weighted by Gasteiger charge is 2.35. The Morgan fingerprint density at radius 1 is 0.966 bits per heavy atom. The molecule has 10 heteroatoms. The van der Waals surface area contributed by atoms with Crippen molar-refractivity contribution < 1.29 is 26.4 Å². The third-order valence-electron chi connectivity index (χ3n) is 3.81. The van der Waals surface area contributed by atoms with Gasteiger partial charge in [-0.15, -0.1) is 0 Å². The Labute approximate surface area is 164 Å². The lowest BCUT2D eigenvalue weighted by atomic mass is 10.1. The van der Waals surface area contributed by atoms with Gasteiger partial charge < -0.3 is 5.32 Å². The van der Waals surface area contributed by atoms with Crippen LogP contribution in [0.1, 0.15) is 15.9 Å².